The van der Waals surface area contributed by atoms with Gasteiger partial charge in [0.15, 0.2) is 0 Å². The van der Waals surface area contributed by atoms with E-state index in [0.29, 0.717) is 5.76 Å². The van der Waals surface area contributed by atoms with Crippen LogP contribution in [0, 0.1) is 17.6 Å². The van der Waals surface area contributed by atoms with Crippen molar-refractivity contribution in [3.05, 3.63) is 77.0 Å². The quantitative estimate of drug-likeness (QED) is 0.829. The van der Waals surface area contributed by atoms with Gasteiger partial charge in [0.2, 0.25) is 5.91 Å². The third-order valence-electron chi connectivity index (χ3n) is 4.47. The molecular formula is C20H23F2N2O3. The SMILES string of the molecule is COC1=C(CC(=O)N[C@@H](C)c2ccc(F)cc2F)C(=O)NC2C=CC=C[C]12.[HH].[HH]. The van der Waals surface area contributed by atoms with E-state index < -0.39 is 29.5 Å². The van der Waals surface area contributed by atoms with Gasteiger partial charge in [-0.1, -0.05) is 30.4 Å². The monoisotopic (exact) mass is 377 g/mol. The van der Waals surface area contributed by atoms with Gasteiger partial charge in [-0.2, -0.15) is 0 Å². The summed E-state index contributed by atoms with van der Waals surface area (Å²) in [5.41, 5.74) is 0.363. The summed E-state index contributed by atoms with van der Waals surface area (Å²) < 4.78 is 32.3. The Morgan fingerprint density at radius 1 is 1.37 bits per heavy atom. The van der Waals surface area contributed by atoms with Gasteiger partial charge < -0.3 is 15.4 Å². The number of rotatable bonds is 5. The molecule has 0 bridgehead atoms. The number of carbonyl (C=O) groups is 2. The van der Waals surface area contributed by atoms with Crippen LogP contribution in [0.4, 0.5) is 8.78 Å². The van der Waals surface area contributed by atoms with Crippen molar-refractivity contribution in [1.29, 1.82) is 0 Å². The number of nitrogens with one attached hydrogen (secondary N) is 2. The molecule has 0 spiro atoms. The molecule has 2 aliphatic rings. The maximum Gasteiger partial charge on any atom is 0.251 e. The van der Waals surface area contributed by atoms with E-state index in [0.717, 1.165) is 18.1 Å². The third kappa shape index (κ3) is 3.92. The molecule has 0 aromatic heterocycles. The van der Waals surface area contributed by atoms with Gasteiger partial charge in [-0.3, -0.25) is 9.59 Å². The van der Waals surface area contributed by atoms with Crippen LogP contribution in [0.1, 0.15) is 27.8 Å². The van der Waals surface area contributed by atoms with E-state index in [9.17, 15) is 18.4 Å². The smallest absolute Gasteiger partial charge is 0.251 e. The highest BCUT2D eigenvalue weighted by Gasteiger charge is 2.36. The van der Waals surface area contributed by atoms with Gasteiger partial charge in [-0.15, -0.1) is 0 Å². The van der Waals surface area contributed by atoms with Crippen LogP contribution in [0.3, 0.4) is 0 Å². The molecule has 0 saturated carbocycles. The van der Waals surface area contributed by atoms with Crippen molar-refractivity contribution in [2.75, 3.05) is 7.11 Å². The number of benzene rings is 1. The van der Waals surface area contributed by atoms with Crippen molar-refractivity contribution in [2.24, 2.45) is 0 Å². The standard InChI is InChI=1S/C20H19F2N2O3.2H2/c1-11(13-8-7-12(21)9-16(13)22)23-18(25)10-15-19(27-2)14-5-3-4-6-17(14)24-20(15)26;;/h3-9,11,17H,10H2,1-2H3,(H,23,25)(H,24,26);2*1H/t11-,17?;;/m0../s1. The first kappa shape index (κ1) is 18.8. The van der Waals surface area contributed by atoms with Crippen molar-refractivity contribution in [3.63, 3.8) is 0 Å². The Morgan fingerprint density at radius 2 is 2.15 bits per heavy atom. The minimum atomic E-state index is -0.743. The molecule has 5 nitrogen and oxygen atoms in total. The summed E-state index contributed by atoms with van der Waals surface area (Å²) >= 11 is 0. The van der Waals surface area contributed by atoms with Crippen LogP contribution >= 0.6 is 0 Å². The fourth-order valence-electron chi connectivity index (χ4n) is 3.18. The summed E-state index contributed by atoms with van der Waals surface area (Å²) in [6, 6.07) is 2.19. The van der Waals surface area contributed by atoms with Crippen LogP contribution in [-0.2, 0) is 14.3 Å². The highest BCUT2D eigenvalue weighted by Crippen LogP contribution is 2.32. The summed E-state index contributed by atoms with van der Waals surface area (Å²) in [4.78, 5) is 24.8. The van der Waals surface area contributed by atoms with Crippen LogP contribution in [0.25, 0.3) is 0 Å². The van der Waals surface area contributed by atoms with Crippen molar-refractivity contribution in [2.45, 2.75) is 25.4 Å². The number of amides is 2. The first-order valence-corrected chi connectivity index (χ1v) is 8.45. The number of allylic oxidation sites excluding steroid dienone is 2. The maximum atomic E-state index is 13.9. The number of hydrogen-bond acceptors (Lipinski definition) is 3. The third-order valence-corrected chi connectivity index (χ3v) is 4.47. The number of carbonyl (C=O) groups excluding carboxylic acids is 2. The summed E-state index contributed by atoms with van der Waals surface area (Å²) in [5.74, 6) is -1.17. The highest BCUT2D eigenvalue weighted by atomic mass is 19.1. The lowest BCUT2D eigenvalue weighted by Crippen LogP contribution is -2.45. The van der Waals surface area contributed by atoms with Gasteiger partial charge >= 0.3 is 0 Å². The molecule has 1 aliphatic heterocycles. The molecule has 3 rings (SSSR count). The summed E-state index contributed by atoms with van der Waals surface area (Å²) in [6.45, 7) is 1.58. The van der Waals surface area contributed by atoms with Gasteiger partial charge in [0, 0.05) is 14.5 Å². The average molecular weight is 377 g/mol. The highest BCUT2D eigenvalue weighted by molar-refractivity contribution is 6.01. The van der Waals surface area contributed by atoms with E-state index in [2.05, 4.69) is 10.6 Å². The van der Waals surface area contributed by atoms with E-state index in [1.54, 1.807) is 6.92 Å². The van der Waals surface area contributed by atoms with E-state index in [1.165, 1.54) is 13.2 Å². The molecule has 7 heteroatoms. The Bertz CT molecular complexity index is 871. The van der Waals surface area contributed by atoms with Crippen LogP contribution < -0.4 is 10.6 Å². The second kappa shape index (κ2) is 7.73. The Balaban J connectivity index is 0.00000210. The molecule has 2 N–H and O–H groups in total. The molecule has 1 aromatic carbocycles. The Hall–Kier alpha value is -2.96. The maximum absolute atomic E-state index is 13.9. The summed E-state index contributed by atoms with van der Waals surface area (Å²) in [6.07, 6.45) is 7.05. The summed E-state index contributed by atoms with van der Waals surface area (Å²) in [5, 5.41) is 5.43. The lowest BCUT2D eigenvalue weighted by atomic mass is 9.86. The van der Waals surface area contributed by atoms with Crippen LogP contribution in [-0.4, -0.2) is 25.0 Å². The minimum Gasteiger partial charge on any atom is -0.500 e. The van der Waals surface area contributed by atoms with Gasteiger partial charge in [-0.25, -0.2) is 8.78 Å². The normalized spacial score (nSPS) is 20.1. The zero-order valence-electron chi connectivity index (χ0n) is 14.9. The van der Waals surface area contributed by atoms with Gasteiger partial charge in [0.1, 0.15) is 17.4 Å². The largest absolute Gasteiger partial charge is 0.500 e. The first-order valence-electron chi connectivity index (χ1n) is 8.45. The number of halogens is 2. The fourth-order valence-corrected chi connectivity index (χ4v) is 3.18. The van der Waals surface area contributed by atoms with Crippen LogP contribution in [0.2, 0.25) is 0 Å². The zero-order chi connectivity index (χ0) is 19.6. The molecule has 1 heterocycles. The van der Waals surface area contributed by atoms with Crippen LogP contribution in [0.5, 0.6) is 0 Å². The van der Waals surface area contributed by atoms with Crippen molar-refractivity contribution in [3.8, 4) is 0 Å². The molecule has 1 aliphatic carbocycles. The molecule has 2 atom stereocenters. The Labute approximate surface area is 158 Å². The van der Waals surface area contributed by atoms with Gasteiger partial charge in [0.25, 0.3) is 5.91 Å². The number of methoxy groups -OCH3 is 1. The first-order chi connectivity index (χ1) is 12.9. The number of fused-ring (bicyclic) bond motifs is 1. The number of ether oxygens (including phenoxy) is 1. The lowest BCUT2D eigenvalue weighted by molar-refractivity contribution is -0.124. The lowest BCUT2D eigenvalue weighted by Gasteiger charge is -2.32. The second-order valence-corrected chi connectivity index (χ2v) is 6.29. The summed E-state index contributed by atoms with van der Waals surface area (Å²) in [7, 11) is 1.44. The minimum absolute atomic E-state index is 0. The van der Waals surface area contributed by atoms with Crippen molar-refractivity contribution in [1.82, 2.24) is 10.6 Å². The topological polar surface area (TPSA) is 67.4 Å². The molecule has 1 aromatic rings. The van der Waals surface area contributed by atoms with Gasteiger partial charge in [0.05, 0.1) is 37.1 Å². The van der Waals surface area contributed by atoms with E-state index in [1.807, 2.05) is 24.3 Å². The van der Waals surface area contributed by atoms with Gasteiger partial charge in [-0.05, 0) is 13.0 Å². The van der Waals surface area contributed by atoms with E-state index >= 15 is 0 Å². The molecule has 27 heavy (non-hydrogen) atoms. The van der Waals surface area contributed by atoms with E-state index in [4.69, 9.17) is 4.74 Å². The average Bonchev–Trinajstić information content (AvgIpc) is 2.62. The molecule has 0 fully saturated rings. The second-order valence-electron chi connectivity index (χ2n) is 6.29. The predicted molar refractivity (Wildman–Crippen MR) is 99.2 cm³/mol. The Morgan fingerprint density at radius 3 is 2.85 bits per heavy atom. The fraction of sp³-hybridized carbons (Fsp3) is 0.250. The predicted octanol–water partition coefficient (Wildman–Crippen LogP) is 3.12. The molecule has 145 valence electrons. The van der Waals surface area contributed by atoms with Crippen molar-refractivity contribution >= 4 is 11.8 Å². The molecule has 0 saturated heterocycles. The molecular weight excluding hydrogens is 354 g/mol. The molecule has 1 radical (unpaired) electrons. The molecule has 1 unspecified atom stereocenters. The van der Waals surface area contributed by atoms with Crippen LogP contribution in [0.15, 0.2) is 53.8 Å². The van der Waals surface area contributed by atoms with E-state index in [-0.39, 0.29) is 26.5 Å². The zero-order valence-corrected chi connectivity index (χ0v) is 14.9. The number of hydrogen-bond donors (Lipinski definition) is 2. The van der Waals surface area contributed by atoms with Crippen molar-refractivity contribution < 1.29 is 26.0 Å². The Kier molecular flexibility index (Phi) is 5.39. The molecule has 2 amide bonds.